The molecular weight excluding hydrogens is 462 g/mol. The summed E-state index contributed by atoms with van der Waals surface area (Å²) in [5, 5.41) is 2.54. The van der Waals surface area contributed by atoms with Crippen molar-refractivity contribution >= 4 is 32.8 Å². The summed E-state index contributed by atoms with van der Waals surface area (Å²) in [6.07, 6.45) is 3.13. The van der Waals surface area contributed by atoms with Gasteiger partial charge in [-0.25, -0.2) is 9.36 Å². The lowest BCUT2D eigenvalue weighted by molar-refractivity contribution is 0.669. The minimum atomic E-state index is -0.454. The average molecular weight is 482 g/mol. The van der Waals surface area contributed by atoms with Crippen LogP contribution in [0.2, 0.25) is 0 Å². The molecule has 0 aliphatic heterocycles. The number of hydrogen-bond donors (Lipinski definition) is 0. The number of furan rings is 1. The third-order valence-electron chi connectivity index (χ3n) is 6.68. The zero-order valence-electron chi connectivity index (χ0n) is 19.5. The van der Waals surface area contributed by atoms with Gasteiger partial charge >= 0.3 is 5.69 Å². The van der Waals surface area contributed by atoms with Crippen LogP contribution >= 0.6 is 0 Å². The Morgan fingerprint density at radius 1 is 0.595 bits per heavy atom. The molecule has 0 radical (unpaired) electrons. The Hall–Kier alpha value is -5.23. The van der Waals surface area contributed by atoms with Crippen LogP contribution in [0.3, 0.4) is 0 Å². The second-order valence-corrected chi connectivity index (χ2v) is 8.85. The maximum atomic E-state index is 13.8. The van der Waals surface area contributed by atoms with Crippen LogP contribution in [0.4, 0.5) is 0 Å². The Balaban J connectivity index is 1.47. The van der Waals surface area contributed by atoms with E-state index in [9.17, 15) is 9.59 Å². The second-order valence-electron chi connectivity index (χ2n) is 8.85. The van der Waals surface area contributed by atoms with E-state index in [-0.39, 0.29) is 5.56 Å². The van der Waals surface area contributed by atoms with Crippen LogP contribution in [-0.2, 0) is 0 Å². The molecule has 0 amide bonds. The van der Waals surface area contributed by atoms with E-state index in [1.54, 1.807) is 41.1 Å². The lowest BCUT2D eigenvalue weighted by Gasteiger charge is -2.15. The van der Waals surface area contributed by atoms with Crippen molar-refractivity contribution in [2.75, 3.05) is 0 Å². The van der Waals surface area contributed by atoms with Gasteiger partial charge in [-0.3, -0.25) is 14.3 Å². The monoisotopic (exact) mass is 481 g/mol. The molecule has 0 saturated heterocycles. The van der Waals surface area contributed by atoms with E-state index < -0.39 is 5.69 Å². The van der Waals surface area contributed by atoms with Gasteiger partial charge in [-0.15, -0.1) is 0 Å². The fourth-order valence-corrected chi connectivity index (χ4v) is 4.95. The lowest BCUT2D eigenvalue weighted by Crippen LogP contribution is -2.38. The molecule has 0 aliphatic carbocycles. The van der Waals surface area contributed by atoms with Crippen LogP contribution in [0.1, 0.15) is 0 Å². The van der Waals surface area contributed by atoms with Gasteiger partial charge in [0.05, 0.1) is 28.5 Å². The molecule has 0 aliphatic rings. The van der Waals surface area contributed by atoms with Crippen molar-refractivity contribution in [3.05, 3.63) is 136 Å². The van der Waals surface area contributed by atoms with Crippen LogP contribution in [0, 0.1) is 0 Å². The number of rotatable bonds is 3. The zero-order valence-corrected chi connectivity index (χ0v) is 19.5. The van der Waals surface area contributed by atoms with Crippen LogP contribution in [0.25, 0.3) is 55.3 Å². The van der Waals surface area contributed by atoms with E-state index in [0.29, 0.717) is 22.3 Å². The molecule has 0 fully saturated rings. The Bertz CT molecular complexity index is 2090. The minimum absolute atomic E-state index is 0.377. The van der Waals surface area contributed by atoms with Crippen LogP contribution in [0.15, 0.2) is 130 Å². The molecule has 0 atom stereocenters. The van der Waals surface area contributed by atoms with Gasteiger partial charge in [0.2, 0.25) is 0 Å². The highest BCUT2D eigenvalue weighted by atomic mass is 16.3. The highest BCUT2D eigenvalue weighted by Gasteiger charge is 2.16. The molecule has 7 rings (SSSR count). The number of pyridine rings is 1. The number of hydrogen-bond acceptors (Lipinski definition) is 4. The predicted molar refractivity (Wildman–Crippen MR) is 146 cm³/mol. The summed E-state index contributed by atoms with van der Waals surface area (Å²) in [5.41, 5.74) is 4.41. The molecule has 0 unspecified atom stereocenters. The van der Waals surface area contributed by atoms with Gasteiger partial charge in [-0.1, -0.05) is 48.5 Å². The normalized spacial score (nSPS) is 11.5. The third-order valence-corrected chi connectivity index (χ3v) is 6.68. The third kappa shape index (κ3) is 3.31. The first-order chi connectivity index (χ1) is 18.2. The molecule has 3 heterocycles. The van der Waals surface area contributed by atoms with Gasteiger partial charge in [0.1, 0.15) is 11.2 Å². The van der Waals surface area contributed by atoms with Crippen molar-refractivity contribution in [3.8, 4) is 22.5 Å². The van der Waals surface area contributed by atoms with E-state index in [0.717, 1.165) is 33.1 Å². The quantitative estimate of drug-likeness (QED) is 0.306. The smallest absolute Gasteiger partial charge is 0.340 e. The van der Waals surface area contributed by atoms with Crippen molar-refractivity contribution in [2.24, 2.45) is 0 Å². The molecule has 0 saturated carbocycles. The van der Waals surface area contributed by atoms with Gasteiger partial charge < -0.3 is 4.42 Å². The topological polar surface area (TPSA) is 70.0 Å². The van der Waals surface area contributed by atoms with Crippen molar-refractivity contribution in [2.45, 2.75) is 0 Å². The van der Waals surface area contributed by atoms with Crippen LogP contribution < -0.4 is 11.2 Å². The molecule has 4 aromatic carbocycles. The van der Waals surface area contributed by atoms with Crippen LogP contribution in [0.5, 0.6) is 0 Å². The molecule has 0 N–H and O–H groups in total. The van der Waals surface area contributed by atoms with E-state index in [1.807, 2.05) is 60.7 Å². The van der Waals surface area contributed by atoms with Crippen LogP contribution in [-0.4, -0.2) is 14.1 Å². The molecule has 0 spiro atoms. The summed E-state index contributed by atoms with van der Waals surface area (Å²) in [6.45, 7) is 0. The summed E-state index contributed by atoms with van der Waals surface area (Å²) in [5.74, 6) is 0. The minimum Gasteiger partial charge on any atom is -0.456 e. The van der Waals surface area contributed by atoms with Crippen molar-refractivity contribution in [3.63, 3.8) is 0 Å². The average Bonchev–Trinajstić information content (AvgIpc) is 3.32. The van der Waals surface area contributed by atoms with Crippen molar-refractivity contribution in [1.82, 2.24) is 14.1 Å². The van der Waals surface area contributed by atoms with E-state index in [4.69, 9.17) is 4.42 Å². The summed E-state index contributed by atoms with van der Waals surface area (Å²) in [7, 11) is 0. The first-order valence-corrected chi connectivity index (χ1v) is 11.9. The number of para-hydroxylation sites is 2. The second kappa shape index (κ2) is 8.17. The van der Waals surface area contributed by atoms with Gasteiger partial charge in [-0.05, 0) is 65.7 Å². The fraction of sp³-hybridized carbons (Fsp3) is 0. The largest absolute Gasteiger partial charge is 0.456 e. The fourth-order valence-electron chi connectivity index (χ4n) is 4.95. The Morgan fingerprint density at radius 2 is 1.35 bits per heavy atom. The Morgan fingerprint density at radius 3 is 2.22 bits per heavy atom. The SMILES string of the molecule is O=c1c2ccccc2n(-c2cccc(-c3ccc4oc5ccccc5c4c3)c2)c(=O)n1-c1cccnc1. The maximum absolute atomic E-state index is 13.8. The summed E-state index contributed by atoms with van der Waals surface area (Å²) in [4.78, 5) is 31.3. The Kier molecular flexibility index (Phi) is 4.66. The van der Waals surface area contributed by atoms with Crippen molar-refractivity contribution < 1.29 is 4.42 Å². The molecule has 6 nitrogen and oxygen atoms in total. The molecular formula is C31H19N3O3. The number of benzene rings is 4. The predicted octanol–water partition coefficient (Wildman–Crippen LogP) is 6.10. The molecule has 3 aromatic heterocycles. The number of aromatic nitrogens is 3. The van der Waals surface area contributed by atoms with E-state index in [2.05, 4.69) is 17.1 Å². The zero-order chi connectivity index (χ0) is 24.9. The van der Waals surface area contributed by atoms with E-state index >= 15 is 0 Å². The van der Waals surface area contributed by atoms with Gasteiger partial charge in [0, 0.05) is 17.0 Å². The molecule has 37 heavy (non-hydrogen) atoms. The summed E-state index contributed by atoms with van der Waals surface area (Å²) in [6, 6.07) is 32.4. The number of fused-ring (bicyclic) bond motifs is 4. The first kappa shape index (κ1) is 21.1. The Labute approximate surface area is 210 Å². The summed E-state index contributed by atoms with van der Waals surface area (Å²) < 4.78 is 8.74. The van der Waals surface area contributed by atoms with Gasteiger partial charge in [-0.2, -0.15) is 0 Å². The molecule has 0 bridgehead atoms. The molecule has 176 valence electrons. The van der Waals surface area contributed by atoms with E-state index in [1.165, 1.54) is 10.8 Å². The maximum Gasteiger partial charge on any atom is 0.340 e. The first-order valence-electron chi connectivity index (χ1n) is 11.9. The highest BCUT2D eigenvalue weighted by molar-refractivity contribution is 6.06. The van der Waals surface area contributed by atoms with Gasteiger partial charge in [0.15, 0.2) is 0 Å². The van der Waals surface area contributed by atoms with Crippen molar-refractivity contribution in [1.29, 1.82) is 0 Å². The molecule has 6 heteroatoms. The molecule has 7 aromatic rings. The highest BCUT2D eigenvalue weighted by Crippen LogP contribution is 2.33. The number of nitrogens with zero attached hydrogens (tertiary/aromatic N) is 3. The standard InChI is InChI=1S/C31H19N3O3/c35-30-25-11-1-3-12-27(25)33(31(36)34(30)23-9-6-16-32-19-23)22-8-5-7-20(17-22)21-14-15-29-26(18-21)24-10-2-4-13-28(24)37-29/h1-19H. The van der Waals surface area contributed by atoms with Gasteiger partial charge in [0.25, 0.3) is 5.56 Å². The summed E-state index contributed by atoms with van der Waals surface area (Å²) >= 11 is 0. The lowest BCUT2D eigenvalue weighted by atomic mass is 10.0.